The summed E-state index contributed by atoms with van der Waals surface area (Å²) in [4.78, 5) is 6.68. The van der Waals surface area contributed by atoms with Crippen molar-refractivity contribution in [1.29, 1.82) is 0 Å². The van der Waals surface area contributed by atoms with E-state index in [9.17, 15) is 0 Å². The van der Waals surface area contributed by atoms with Gasteiger partial charge in [-0.3, -0.25) is 0 Å². The van der Waals surface area contributed by atoms with Crippen molar-refractivity contribution in [3.63, 3.8) is 0 Å². The van der Waals surface area contributed by atoms with E-state index in [4.69, 9.17) is 9.25 Å². The highest BCUT2D eigenvalue weighted by Gasteiger charge is 2.05. The Balaban J connectivity index is 2.66. The molecule has 0 saturated heterocycles. The summed E-state index contributed by atoms with van der Waals surface area (Å²) in [5.74, 6) is 1.56. The van der Waals surface area contributed by atoms with Crippen molar-refractivity contribution < 1.29 is 14.7 Å². The van der Waals surface area contributed by atoms with E-state index in [2.05, 4.69) is 0 Å². The van der Waals surface area contributed by atoms with Crippen molar-refractivity contribution in [2.75, 3.05) is 26.1 Å². The maximum atomic E-state index is 5.33. The summed E-state index contributed by atoms with van der Waals surface area (Å²) in [6, 6.07) is 3.75. The molecule has 62 valence electrons. The first-order chi connectivity index (χ1) is 5.24. The zero-order chi connectivity index (χ0) is 8.27. The predicted octanol–water partition coefficient (Wildman–Crippen LogP) is 0.102. The lowest BCUT2D eigenvalue weighted by molar-refractivity contribution is -0.837. The maximum Gasteiger partial charge on any atom is 0.328 e. The highest BCUT2D eigenvalue weighted by atomic mass is 16.6. The quantitative estimate of drug-likeness (QED) is 0.633. The second kappa shape index (κ2) is 3.41. The summed E-state index contributed by atoms with van der Waals surface area (Å²) < 4.78 is 5.33. The molecule has 0 spiro atoms. The summed E-state index contributed by atoms with van der Waals surface area (Å²) >= 11 is 0. The normalized spacial score (nSPS) is 10.1. The summed E-state index contributed by atoms with van der Waals surface area (Å²) in [5.41, 5.74) is 1.56. The van der Waals surface area contributed by atoms with Crippen LogP contribution in [0.1, 0.15) is 0 Å². The Labute approximate surface area is 65.7 Å². The van der Waals surface area contributed by atoms with Crippen molar-refractivity contribution in [3.8, 4) is 0 Å². The molecule has 0 aliphatic carbocycles. The first kappa shape index (κ1) is 8.10. The summed E-state index contributed by atoms with van der Waals surface area (Å²) in [6.45, 7) is 0. The lowest BCUT2D eigenvalue weighted by Gasteiger charge is -2.05. The molecule has 1 heterocycles. The zero-order valence-electron chi connectivity index (χ0n) is 7.00. The molecule has 0 aliphatic heterocycles. The minimum atomic E-state index is 0.733. The first-order valence-corrected chi connectivity index (χ1v) is 3.37. The van der Waals surface area contributed by atoms with Crippen molar-refractivity contribution in [3.05, 3.63) is 12.1 Å². The second-order valence-corrected chi connectivity index (χ2v) is 2.42. The molecule has 4 nitrogen and oxygen atoms in total. The second-order valence-electron chi connectivity index (χ2n) is 2.42. The van der Waals surface area contributed by atoms with Gasteiger partial charge in [-0.15, -0.1) is 5.48 Å². The molecule has 0 unspecified atom stereocenters. The third kappa shape index (κ3) is 1.96. The van der Waals surface area contributed by atoms with Crippen LogP contribution in [-0.4, -0.2) is 21.2 Å². The maximum absolute atomic E-state index is 5.33. The predicted molar refractivity (Wildman–Crippen MR) is 41.6 cm³/mol. The van der Waals surface area contributed by atoms with E-state index in [0.29, 0.717) is 0 Å². The monoisotopic (exact) mass is 157 g/mol. The zero-order valence-corrected chi connectivity index (χ0v) is 7.00. The van der Waals surface area contributed by atoms with Gasteiger partial charge < -0.3 is 9.32 Å². The standard InChI is InChI=1S/C7H12N2O2/c1-9(2)7-5-4-6(11-7)8-10-3/h4-5,8H,1-3H3/p+1. The Morgan fingerprint density at radius 3 is 2.64 bits per heavy atom. The van der Waals surface area contributed by atoms with Crippen LogP contribution in [0.25, 0.3) is 0 Å². The van der Waals surface area contributed by atoms with Gasteiger partial charge in [0.2, 0.25) is 5.88 Å². The molecule has 1 aromatic heterocycles. The number of anilines is 1. The minimum Gasteiger partial charge on any atom is -0.394 e. The molecule has 0 amide bonds. The van der Waals surface area contributed by atoms with E-state index in [1.807, 2.05) is 31.1 Å². The van der Waals surface area contributed by atoms with Crippen LogP contribution in [0, 0.1) is 0 Å². The molecule has 0 saturated carbocycles. The highest BCUT2D eigenvalue weighted by molar-refractivity contribution is 5.37. The molecule has 0 atom stereocenters. The van der Waals surface area contributed by atoms with E-state index in [1.54, 1.807) is 12.6 Å². The molecule has 1 aromatic rings. The van der Waals surface area contributed by atoms with Gasteiger partial charge in [-0.05, 0) is 0 Å². The molecule has 2 N–H and O–H groups in total. The van der Waals surface area contributed by atoms with Crippen LogP contribution in [-0.2, 0) is 4.84 Å². The molecule has 0 radical (unpaired) electrons. The Kier molecular flexibility index (Phi) is 2.51. The van der Waals surface area contributed by atoms with Crippen molar-refractivity contribution in [2.45, 2.75) is 0 Å². The molecule has 11 heavy (non-hydrogen) atoms. The summed E-state index contributed by atoms with van der Waals surface area (Å²) in [5, 5.41) is 0. The fourth-order valence-corrected chi connectivity index (χ4v) is 0.762. The number of quaternary nitrogens is 1. The van der Waals surface area contributed by atoms with Gasteiger partial charge in [0.15, 0.2) is 0 Å². The molecule has 0 aliphatic rings. The highest BCUT2D eigenvalue weighted by Crippen LogP contribution is 2.15. The smallest absolute Gasteiger partial charge is 0.328 e. The average molecular weight is 157 g/mol. The van der Waals surface area contributed by atoms with Crippen LogP contribution in [0.15, 0.2) is 16.5 Å². The van der Waals surface area contributed by atoms with Crippen LogP contribution in [0.5, 0.6) is 0 Å². The van der Waals surface area contributed by atoms with Crippen molar-refractivity contribution in [2.24, 2.45) is 0 Å². The van der Waals surface area contributed by atoms with E-state index in [-0.39, 0.29) is 0 Å². The van der Waals surface area contributed by atoms with E-state index >= 15 is 0 Å². The van der Waals surface area contributed by atoms with Gasteiger partial charge in [-0.25, -0.2) is 4.84 Å². The number of nitrogens with zero attached hydrogens (tertiary/aromatic N) is 1. The van der Waals surface area contributed by atoms with Gasteiger partial charge in [0.25, 0.3) is 0 Å². The van der Waals surface area contributed by atoms with Crippen molar-refractivity contribution >= 4 is 11.8 Å². The van der Waals surface area contributed by atoms with Gasteiger partial charge in [0.1, 0.15) is 0 Å². The third-order valence-electron chi connectivity index (χ3n) is 1.29. The molecule has 0 fully saturated rings. The molecular formula is C7H13N2O2+. The van der Waals surface area contributed by atoms with Crippen LogP contribution < -0.4 is 10.4 Å². The van der Waals surface area contributed by atoms with E-state index in [0.717, 1.165) is 11.8 Å². The van der Waals surface area contributed by atoms with Crippen LogP contribution in [0.4, 0.5) is 11.8 Å². The fraction of sp³-hybridized carbons (Fsp3) is 0.429. The molecule has 1 rings (SSSR count). The number of rotatable bonds is 3. The van der Waals surface area contributed by atoms with Crippen LogP contribution in [0.3, 0.4) is 0 Å². The third-order valence-corrected chi connectivity index (χ3v) is 1.29. The van der Waals surface area contributed by atoms with Crippen molar-refractivity contribution in [1.82, 2.24) is 0 Å². The Hall–Kier alpha value is -1.00. The number of furan rings is 1. The molecule has 0 bridgehead atoms. The van der Waals surface area contributed by atoms with Gasteiger partial charge in [-0.1, -0.05) is 0 Å². The molecule has 0 aromatic carbocycles. The summed E-state index contributed by atoms with van der Waals surface area (Å²) in [6.07, 6.45) is 0. The SMILES string of the molecule is CO[NH2+]c1ccc(N(C)C)o1. The van der Waals surface area contributed by atoms with Gasteiger partial charge in [0, 0.05) is 26.2 Å². The lowest BCUT2D eigenvalue weighted by atomic mass is 10.6. The average Bonchev–Trinajstić information content (AvgIpc) is 2.37. The summed E-state index contributed by atoms with van der Waals surface area (Å²) in [7, 11) is 5.45. The van der Waals surface area contributed by atoms with Crippen LogP contribution in [0.2, 0.25) is 0 Å². The number of nitrogens with two attached hydrogens (primary N) is 1. The Morgan fingerprint density at radius 1 is 1.45 bits per heavy atom. The van der Waals surface area contributed by atoms with Gasteiger partial charge >= 0.3 is 5.88 Å². The fourth-order valence-electron chi connectivity index (χ4n) is 0.762. The van der Waals surface area contributed by atoms with Gasteiger partial charge in [0.05, 0.1) is 7.11 Å². The van der Waals surface area contributed by atoms with E-state index < -0.39 is 0 Å². The number of hydrogen-bond acceptors (Lipinski definition) is 3. The van der Waals surface area contributed by atoms with Crippen LogP contribution >= 0.6 is 0 Å². The molecule has 4 heteroatoms. The number of hydrogen-bond donors (Lipinski definition) is 1. The van der Waals surface area contributed by atoms with E-state index in [1.165, 1.54) is 0 Å². The lowest BCUT2D eigenvalue weighted by Crippen LogP contribution is -2.75. The minimum absolute atomic E-state index is 0.733. The largest absolute Gasteiger partial charge is 0.394 e. The Morgan fingerprint density at radius 2 is 2.18 bits per heavy atom. The first-order valence-electron chi connectivity index (χ1n) is 3.37. The molecular weight excluding hydrogens is 144 g/mol. The van der Waals surface area contributed by atoms with Gasteiger partial charge in [-0.2, -0.15) is 0 Å². The topological polar surface area (TPSA) is 42.2 Å². The Bertz CT molecular complexity index is 220.